The number of benzene rings is 1. The lowest BCUT2D eigenvalue weighted by molar-refractivity contribution is 0.282. The van der Waals surface area contributed by atoms with Crippen molar-refractivity contribution in [2.24, 2.45) is 0 Å². The van der Waals surface area contributed by atoms with Crippen molar-refractivity contribution in [3.05, 3.63) is 29.3 Å². The molecule has 1 rings (SSSR count). The Kier molecular flexibility index (Phi) is 4.85. The summed E-state index contributed by atoms with van der Waals surface area (Å²) in [4.78, 5) is 0. The molecule has 0 heterocycles. The maximum atomic E-state index is 13.5. The Morgan fingerprint density at radius 2 is 2.12 bits per heavy atom. The van der Waals surface area contributed by atoms with Crippen molar-refractivity contribution >= 4 is 5.69 Å². The van der Waals surface area contributed by atoms with E-state index < -0.39 is 11.6 Å². The largest absolute Gasteiger partial charge is 0.396 e. The molecule has 0 aliphatic carbocycles. The number of nitriles is 1. The molecule has 92 valence electrons. The van der Waals surface area contributed by atoms with Crippen LogP contribution in [-0.2, 0) is 0 Å². The molecule has 5 heteroatoms. The Balaban J connectivity index is 2.79. The Hall–Kier alpha value is -1.67. The highest BCUT2D eigenvalue weighted by molar-refractivity contribution is 5.50. The number of halogens is 2. The van der Waals surface area contributed by atoms with Gasteiger partial charge in [0.25, 0.3) is 0 Å². The van der Waals surface area contributed by atoms with Crippen LogP contribution in [0.15, 0.2) is 12.1 Å². The Labute approximate surface area is 98.7 Å². The van der Waals surface area contributed by atoms with Gasteiger partial charge in [0.1, 0.15) is 6.07 Å². The third kappa shape index (κ3) is 3.40. The number of aliphatic hydroxyl groups is 1. The van der Waals surface area contributed by atoms with Gasteiger partial charge in [0.05, 0.1) is 11.3 Å². The molecule has 0 saturated heterocycles. The van der Waals surface area contributed by atoms with Crippen LogP contribution in [0, 0.1) is 23.0 Å². The normalized spacial score (nSPS) is 11.9. The predicted octanol–water partition coefficient (Wildman–Crippen LogP) is 2.41. The second kappa shape index (κ2) is 6.16. The lowest BCUT2D eigenvalue weighted by Crippen LogP contribution is -2.17. The van der Waals surface area contributed by atoms with Gasteiger partial charge in [0, 0.05) is 12.6 Å². The van der Waals surface area contributed by atoms with Crippen LogP contribution in [0.1, 0.15) is 25.3 Å². The van der Waals surface area contributed by atoms with Gasteiger partial charge in [-0.1, -0.05) is 0 Å². The highest BCUT2D eigenvalue weighted by atomic mass is 19.2. The molecule has 0 amide bonds. The van der Waals surface area contributed by atoms with E-state index in [1.165, 1.54) is 12.1 Å². The van der Waals surface area contributed by atoms with Crippen molar-refractivity contribution in [3.63, 3.8) is 0 Å². The van der Waals surface area contributed by atoms with Crippen molar-refractivity contribution in [1.29, 1.82) is 5.26 Å². The molecular formula is C12H14F2N2O. The first-order chi connectivity index (χ1) is 8.10. The maximum Gasteiger partial charge on any atom is 0.183 e. The van der Waals surface area contributed by atoms with Gasteiger partial charge in [-0.05, 0) is 31.9 Å². The first-order valence-corrected chi connectivity index (χ1v) is 5.35. The fourth-order valence-electron chi connectivity index (χ4n) is 1.48. The molecule has 0 aromatic heterocycles. The van der Waals surface area contributed by atoms with Gasteiger partial charge in [-0.2, -0.15) is 5.26 Å². The second-order valence-electron chi connectivity index (χ2n) is 3.81. The average Bonchev–Trinajstić information content (AvgIpc) is 2.33. The maximum absolute atomic E-state index is 13.5. The van der Waals surface area contributed by atoms with Gasteiger partial charge in [-0.15, -0.1) is 0 Å². The van der Waals surface area contributed by atoms with Crippen LogP contribution >= 0.6 is 0 Å². The van der Waals surface area contributed by atoms with E-state index in [0.717, 1.165) is 0 Å². The Bertz CT molecular complexity index is 429. The molecule has 1 atom stereocenters. The molecule has 0 bridgehead atoms. The summed E-state index contributed by atoms with van der Waals surface area (Å²) in [6, 6.07) is 4.07. The molecule has 0 spiro atoms. The van der Waals surface area contributed by atoms with Crippen molar-refractivity contribution in [2.45, 2.75) is 25.8 Å². The second-order valence-corrected chi connectivity index (χ2v) is 3.81. The summed E-state index contributed by atoms with van der Waals surface area (Å²) in [6.07, 6.45) is 1.24. The van der Waals surface area contributed by atoms with Gasteiger partial charge in [-0.25, -0.2) is 8.78 Å². The van der Waals surface area contributed by atoms with E-state index in [1.54, 1.807) is 6.07 Å². The SMILES string of the molecule is CC(CCCO)Nc1ccc(C#N)c(F)c1F. The number of nitrogens with zero attached hydrogens (tertiary/aromatic N) is 1. The number of hydrogen-bond donors (Lipinski definition) is 2. The number of nitrogens with one attached hydrogen (secondary N) is 1. The Morgan fingerprint density at radius 1 is 1.41 bits per heavy atom. The Morgan fingerprint density at radius 3 is 2.71 bits per heavy atom. The smallest absolute Gasteiger partial charge is 0.183 e. The van der Waals surface area contributed by atoms with Crippen molar-refractivity contribution in [3.8, 4) is 6.07 Å². The van der Waals surface area contributed by atoms with Crippen molar-refractivity contribution in [1.82, 2.24) is 0 Å². The topological polar surface area (TPSA) is 56.0 Å². The van der Waals surface area contributed by atoms with Gasteiger partial charge in [-0.3, -0.25) is 0 Å². The molecule has 0 radical (unpaired) electrons. The first kappa shape index (κ1) is 13.4. The minimum absolute atomic E-state index is 0.0342. The van der Waals surface area contributed by atoms with Crippen LogP contribution in [0.25, 0.3) is 0 Å². The lowest BCUT2D eigenvalue weighted by Gasteiger charge is -2.15. The number of hydrogen-bond acceptors (Lipinski definition) is 3. The fourth-order valence-corrected chi connectivity index (χ4v) is 1.48. The van der Waals surface area contributed by atoms with Crippen LogP contribution in [-0.4, -0.2) is 17.8 Å². The van der Waals surface area contributed by atoms with Crippen molar-refractivity contribution in [2.75, 3.05) is 11.9 Å². The van der Waals surface area contributed by atoms with Gasteiger partial charge < -0.3 is 10.4 Å². The zero-order valence-corrected chi connectivity index (χ0v) is 9.50. The monoisotopic (exact) mass is 240 g/mol. The highest BCUT2D eigenvalue weighted by Gasteiger charge is 2.14. The van der Waals surface area contributed by atoms with Crippen LogP contribution in [0.2, 0.25) is 0 Å². The summed E-state index contributed by atoms with van der Waals surface area (Å²) >= 11 is 0. The van der Waals surface area contributed by atoms with E-state index in [4.69, 9.17) is 10.4 Å². The van der Waals surface area contributed by atoms with Gasteiger partial charge in [0.2, 0.25) is 0 Å². The number of aliphatic hydroxyl groups excluding tert-OH is 1. The predicted molar refractivity (Wildman–Crippen MR) is 60.5 cm³/mol. The van der Waals surface area contributed by atoms with Crippen molar-refractivity contribution < 1.29 is 13.9 Å². The molecule has 2 N–H and O–H groups in total. The molecule has 1 unspecified atom stereocenters. The van der Waals surface area contributed by atoms with Crippen LogP contribution in [0.5, 0.6) is 0 Å². The summed E-state index contributed by atoms with van der Waals surface area (Å²) in [5.74, 6) is -2.17. The van der Waals surface area contributed by atoms with Crippen LogP contribution < -0.4 is 5.32 Å². The quantitative estimate of drug-likeness (QED) is 0.831. The lowest BCUT2D eigenvalue weighted by atomic mass is 10.1. The fraction of sp³-hybridized carbons (Fsp3) is 0.417. The van der Waals surface area contributed by atoms with E-state index in [9.17, 15) is 8.78 Å². The molecule has 3 nitrogen and oxygen atoms in total. The number of rotatable bonds is 5. The van der Waals surface area contributed by atoms with E-state index in [2.05, 4.69) is 5.32 Å². The van der Waals surface area contributed by atoms with Crippen LogP contribution in [0.4, 0.5) is 14.5 Å². The van der Waals surface area contributed by atoms with Crippen LogP contribution in [0.3, 0.4) is 0 Å². The van der Waals surface area contributed by atoms with Gasteiger partial charge >= 0.3 is 0 Å². The summed E-state index contributed by atoms with van der Waals surface area (Å²) in [6.45, 7) is 1.88. The zero-order chi connectivity index (χ0) is 12.8. The first-order valence-electron chi connectivity index (χ1n) is 5.35. The molecule has 1 aromatic carbocycles. The summed E-state index contributed by atoms with van der Waals surface area (Å²) in [5, 5.41) is 20.0. The molecule has 0 aliphatic heterocycles. The van der Waals surface area contributed by atoms with E-state index in [-0.39, 0.29) is 23.9 Å². The third-order valence-electron chi connectivity index (χ3n) is 2.40. The van der Waals surface area contributed by atoms with E-state index in [1.807, 2.05) is 6.92 Å². The number of anilines is 1. The summed E-state index contributed by atoms with van der Waals surface area (Å²) < 4.78 is 26.8. The molecule has 17 heavy (non-hydrogen) atoms. The molecule has 0 aliphatic rings. The molecular weight excluding hydrogens is 226 g/mol. The minimum Gasteiger partial charge on any atom is -0.396 e. The van der Waals surface area contributed by atoms with E-state index >= 15 is 0 Å². The van der Waals surface area contributed by atoms with E-state index in [0.29, 0.717) is 12.8 Å². The highest BCUT2D eigenvalue weighted by Crippen LogP contribution is 2.21. The molecule has 0 saturated carbocycles. The average molecular weight is 240 g/mol. The standard InChI is InChI=1S/C12H14F2N2O/c1-8(3-2-6-17)16-10-5-4-9(7-15)11(13)12(10)14/h4-5,8,16-17H,2-3,6H2,1H3. The summed E-state index contributed by atoms with van der Waals surface area (Å²) in [7, 11) is 0. The summed E-state index contributed by atoms with van der Waals surface area (Å²) in [5.41, 5.74) is -0.275. The third-order valence-corrected chi connectivity index (χ3v) is 2.40. The van der Waals surface area contributed by atoms with Gasteiger partial charge in [0.15, 0.2) is 11.6 Å². The zero-order valence-electron chi connectivity index (χ0n) is 9.50. The minimum atomic E-state index is -1.13. The molecule has 0 fully saturated rings. The molecule has 1 aromatic rings.